The van der Waals surface area contributed by atoms with Crippen molar-refractivity contribution < 1.29 is 4.79 Å². The Morgan fingerprint density at radius 1 is 1.12 bits per heavy atom. The van der Waals surface area contributed by atoms with E-state index in [4.69, 9.17) is 0 Å². The molecule has 0 saturated carbocycles. The van der Waals surface area contributed by atoms with Crippen molar-refractivity contribution >= 4 is 33.3 Å². The van der Waals surface area contributed by atoms with Crippen LogP contribution in [0.25, 0.3) is 0 Å². The highest BCUT2D eigenvalue weighted by Gasteiger charge is 2.17. The summed E-state index contributed by atoms with van der Waals surface area (Å²) in [5, 5.41) is 3.30. The van der Waals surface area contributed by atoms with E-state index < -0.39 is 0 Å². The van der Waals surface area contributed by atoms with Gasteiger partial charge >= 0.3 is 0 Å². The average molecular weight is 388 g/mol. The Labute approximate surface area is 151 Å². The second kappa shape index (κ2) is 7.79. The molecule has 0 aliphatic carbocycles. The maximum absolute atomic E-state index is 12.6. The summed E-state index contributed by atoms with van der Waals surface area (Å²) in [7, 11) is 0. The van der Waals surface area contributed by atoms with Crippen LogP contribution in [0.15, 0.2) is 41.0 Å². The molecule has 1 aromatic heterocycles. The Hall–Kier alpha value is -1.88. The predicted octanol–water partition coefficient (Wildman–Crippen LogP) is 4.91. The maximum atomic E-state index is 12.6. The molecule has 0 unspecified atom stereocenters. The van der Waals surface area contributed by atoms with E-state index >= 15 is 0 Å². The number of aromatic nitrogens is 1. The van der Waals surface area contributed by atoms with Crippen LogP contribution in [0.5, 0.6) is 0 Å². The van der Waals surface area contributed by atoms with E-state index in [9.17, 15) is 4.79 Å². The summed E-state index contributed by atoms with van der Waals surface area (Å²) in [4.78, 5) is 18.9. The Morgan fingerprint density at radius 2 is 1.88 bits per heavy atom. The third kappa shape index (κ3) is 4.15. The summed E-state index contributed by atoms with van der Waals surface area (Å²) < 4.78 is 1.05. The number of rotatable bonds is 3. The van der Waals surface area contributed by atoms with Crippen LogP contribution in [0, 0.1) is 6.92 Å². The van der Waals surface area contributed by atoms with Gasteiger partial charge in [0.05, 0.1) is 5.56 Å². The molecule has 2 aromatic rings. The van der Waals surface area contributed by atoms with E-state index in [0.717, 1.165) is 47.5 Å². The van der Waals surface area contributed by atoms with E-state index in [1.807, 2.05) is 36.1 Å². The maximum Gasteiger partial charge on any atom is 0.255 e. The van der Waals surface area contributed by atoms with Crippen LogP contribution in [0.2, 0.25) is 0 Å². The Morgan fingerprint density at radius 3 is 2.50 bits per heavy atom. The topological polar surface area (TPSA) is 45.2 Å². The first-order valence-electron chi connectivity index (χ1n) is 8.42. The molecule has 0 bridgehead atoms. The number of carbonyl (C=O) groups is 1. The SMILES string of the molecule is Cc1cc(Br)ccc1Nc1ccc(C(=O)N2CCCCCC2)cn1. The fourth-order valence-electron chi connectivity index (χ4n) is 2.96. The van der Waals surface area contributed by atoms with E-state index in [1.165, 1.54) is 12.8 Å². The highest BCUT2D eigenvalue weighted by molar-refractivity contribution is 9.10. The molecule has 2 heterocycles. The van der Waals surface area contributed by atoms with Gasteiger partial charge in [-0.05, 0) is 55.7 Å². The van der Waals surface area contributed by atoms with Crippen LogP contribution in [-0.4, -0.2) is 28.9 Å². The number of anilines is 2. The second-order valence-electron chi connectivity index (χ2n) is 6.22. The van der Waals surface area contributed by atoms with Crippen molar-refractivity contribution in [2.45, 2.75) is 32.6 Å². The third-order valence-electron chi connectivity index (χ3n) is 4.35. The largest absolute Gasteiger partial charge is 0.340 e. The molecular formula is C19H22BrN3O. The molecule has 3 rings (SSSR count). The zero-order valence-corrected chi connectivity index (χ0v) is 15.5. The van der Waals surface area contributed by atoms with Gasteiger partial charge in [0.15, 0.2) is 0 Å². The molecule has 1 aromatic carbocycles. The minimum absolute atomic E-state index is 0.0933. The predicted molar refractivity (Wildman–Crippen MR) is 101 cm³/mol. The quantitative estimate of drug-likeness (QED) is 0.813. The number of hydrogen-bond acceptors (Lipinski definition) is 3. The highest BCUT2D eigenvalue weighted by atomic mass is 79.9. The molecule has 1 aliphatic heterocycles. The fraction of sp³-hybridized carbons (Fsp3) is 0.368. The smallest absolute Gasteiger partial charge is 0.255 e. The van der Waals surface area contributed by atoms with Gasteiger partial charge in [0.1, 0.15) is 5.82 Å². The van der Waals surface area contributed by atoms with Crippen molar-refractivity contribution in [3.05, 3.63) is 52.1 Å². The standard InChI is InChI=1S/C19H22BrN3O/c1-14-12-16(20)7-8-17(14)22-18-9-6-15(13-21-18)19(24)23-10-4-2-3-5-11-23/h6-9,12-13H,2-5,10-11H2,1H3,(H,21,22). The van der Waals surface area contributed by atoms with Gasteiger partial charge in [-0.3, -0.25) is 4.79 Å². The first-order valence-corrected chi connectivity index (χ1v) is 9.21. The van der Waals surface area contributed by atoms with Gasteiger partial charge in [0.25, 0.3) is 5.91 Å². The molecule has 1 N–H and O–H groups in total. The Kier molecular flexibility index (Phi) is 5.51. The van der Waals surface area contributed by atoms with E-state index in [-0.39, 0.29) is 5.91 Å². The summed E-state index contributed by atoms with van der Waals surface area (Å²) >= 11 is 3.46. The Balaban J connectivity index is 1.69. The lowest BCUT2D eigenvalue weighted by molar-refractivity contribution is 0.0761. The van der Waals surface area contributed by atoms with Crippen molar-refractivity contribution in [2.75, 3.05) is 18.4 Å². The summed E-state index contributed by atoms with van der Waals surface area (Å²) in [6.45, 7) is 3.76. The minimum atomic E-state index is 0.0933. The number of hydrogen-bond donors (Lipinski definition) is 1. The molecule has 0 radical (unpaired) electrons. The third-order valence-corrected chi connectivity index (χ3v) is 4.85. The van der Waals surface area contributed by atoms with Gasteiger partial charge < -0.3 is 10.2 Å². The van der Waals surface area contributed by atoms with Gasteiger partial charge in [-0.25, -0.2) is 4.98 Å². The van der Waals surface area contributed by atoms with Crippen molar-refractivity contribution in [3.63, 3.8) is 0 Å². The Bertz CT molecular complexity index is 707. The summed E-state index contributed by atoms with van der Waals surface area (Å²) in [5.74, 6) is 0.837. The fourth-order valence-corrected chi connectivity index (χ4v) is 3.43. The van der Waals surface area contributed by atoms with E-state index in [0.29, 0.717) is 5.56 Å². The van der Waals surface area contributed by atoms with Gasteiger partial charge in [-0.15, -0.1) is 0 Å². The van der Waals surface area contributed by atoms with Crippen molar-refractivity contribution in [1.82, 2.24) is 9.88 Å². The lowest BCUT2D eigenvalue weighted by Gasteiger charge is -2.20. The summed E-state index contributed by atoms with van der Waals surface area (Å²) in [6.07, 6.45) is 6.31. The number of halogens is 1. The number of amides is 1. The average Bonchev–Trinajstić information content (AvgIpc) is 2.87. The van der Waals surface area contributed by atoms with E-state index in [2.05, 4.69) is 32.3 Å². The molecular weight excluding hydrogens is 366 g/mol. The summed E-state index contributed by atoms with van der Waals surface area (Å²) in [5.41, 5.74) is 2.81. The molecule has 0 spiro atoms. The lowest BCUT2D eigenvalue weighted by Crippen LogP contribution is -2.31. The van der Waals surface area contributed by atoms with Gasteiger partial charge in [0.2, 0.25) is 0 Å². The monoisotopic (exact) mass is 387 g/mol. The highest BCUT2D eigenvalue weighted by Crippen LogP contribution is 2.23. The number of carbonyl (C=O) groups excluding carboxylic acids is 1. The molecule has 24 heavy (non-hydrogen) atoms. The zero-order chi connectivity index (χ0) is 16.9. The van der Waals surface area contributed by atoms with E-state index in [1.54, 1.807) is 6.20 Å². The summed E-state index contributed by atoms with van der Waals surface area (Å²) in [6, 6.07) is 9.78. The van der Waals surface area contributed by atoms with Crippen molar-refractivity contribution in [1.29, 1.82) is 0 Å². The number of aryl methyl sites for hydroxylation is 1. The number of nitrogens with one attached hydrogen (secondary N) is 1. The molecule has 1 fully saturated rings. The van der Waals surface area contributed by atoms with Crippen LogP contribution in [0.3, 0.4) is 0 Å². The normalized spacial score (nSPS) is 15.0. The van der Waals surface area contributed by atoms with Gasteiger partial charge in [-0.1, -0.05) is 28.8 Å². The van der Waals surface area contributed by atoms with Crippen LogP contribution in [0.4, 0.5) is 11.5 Å². The molecule has 1 saturated heterocycles. The number of nitrogens with zero attached hydrogens (tertiary/aromatic N) is 2. The van der Waals surface area contributed by atoms with Crippen LogP contribution in [0.1, 0.15) is 41.6 Å². The molecule has 5 heteroatoms. The van der Waals surface area contributed by atoms with Crippen LogP contribution >= 0.6 is 15.9 Å². The van der Waals surface area contributed by atoms with Crippen LogP contribution < -0.4 is 5.32 Å². The van der Waals surface area contributed by atoms with Gasteiger partial charge in [-0.2, -0.15) is 0 Å². The van der Waals surface area contributed by atoms with Crippen molar-refractivity contribution in [2.24, 2.45) is 0 Å². The minimum Gasteiger partial charge on any atom is -0.340 e. The molecule has 126 valence electrons. The molecule has 4 nitrogen and oxygen atoms in total. The first-order chi connectivity index (χ1) is 11.6. The lowest BCUT2D eigenvalue weighted by atomic mass is 10.2. The molecule has 0 atom stereocenters. The number of likely N-dealkylation sites (tertiary alicyclic amines) is 1. The van der Waals surface area contributed by atoms with Crippen molar-refractivity contribution in [3.8, 4) is 0 Å². The molecule has 1 amide bonds. The second-order valence-corrected chi connectivity index (χ2v) is 7.14. The first kappa shape index (κ1) is 17.0. The number of pyridine rings is 1. The molecule has 1 aliphatic rings. The zero-order valence-electron chi connectivity index (χ0n) is 13.9. The number of benzene rings is 1. The van der Waals surface area contributed by atoms with Crippen LogP contribution in [-0.2, 0) is 0 Å². The van der Waals surface area contributed by atoms with Gasteiger partial charge in [0, 0.05) is 29.4 Å².